The molecule has 1 aliphatic rings. The first-order valence-corrected chi connectivity index (χ1v) is 15.2. The molecule has 2 aromatic heterocycles. The zero-order valence-electron chi connectivity index (χ0n) is 25.1. The fraction of sp³-hybridized carbons (Fsp3) is 0.0732. The first-order chi connectivity index (χ1) is 22.0. The Balaban J connectivity index is 1.25. The zero-order valence-corrected chi connectivity index (χ0v) is 25.1. The van der Waals surface area contributed by atoms with Gasteiger partial charge in [0.05, 0.1) is 0 Å². The Hall–Kier alpha value is -5.74. The highest BCUT2D eigenvalue weighted by Gasteiger charge is 2.35. The Labute approximate surface area is 263 Å². The van der Waals surface area contributed by atoms with E-state index in [0.717, 1.165) is 33.4 Å². The summed E-state index contributed by atoms with van der Waals surface area (Å²) >= 11 is 0. The number of nitrogens with zero attached hydrogens (tertiary/aromatic N) is 4. The van der Waals surface area contributed by atoms with Gasteiger partial charge in [-0.15, -0.1) is 0 Å². The molecule has 0 atom stereocenters. The molecule has 5 aromatic carbocycles. The van der Waals surface area contributed by atoms with Crippen molar-refractivity contribution in [2.24, 2.45) is 0 Å². The second-order valence-corrected chi connectivity index (χ2v) is 12.0. The Morgan fingerprint density at radius 3 is 1.44 bits per heavy atom. The summed E-state index contributed by atoms with van der Waals surface area (Å²) in [6.07, 6.45) is 3.62. The zero-order chi connectivity index (χ0) is 30.4. The lowest BCUT2D eigenvalue weighted by molar-refractivity contribution is 0.660. The van der Waals surface area contributed by atoms with Gasteiger partial charge in [-0.1, -0.05) is 129 Å². The van der Waals surface area contributed by atoms with Crippen molar-refractivity contribution in [3.8, 4) is 67.5 Å². The first kappa shape index (κ1) is 26.9. The van der Waals surface area contributed by atoms with Crippen molar-refractivity contribution in [1.82, 2.24) is 19.9 Å². The molecule has 0 aliphatic heterocycles. The van der Waals surface area contributed by atoms with Crippen molar-refractivity contribution < 1.29 is 0 Å². The number of fused-ring (bicyclic) bond motifs is 3. The van der Waals surface area contributed by atoms with Crippen LogP contribution >= 0.6 is 0 Å². The van der Waals surface area contributed by atoms with Crippen molar-refractivity contribution in [2.75, 3.05) is 0 Å². The molecule has 0 saturated heterocycles. The highest BCUT2D eigenvalue weighted by molar-refractivity contribution is 5.84. The second kappa shape index (κ2) is 10.8. The van der Waals surface area contributed by atoms with Gasteiger partial charge in [0.2, 0.25) is 0 Å². The van der Waals surface area contributed by atoms with E-state index in [0.29, 0.717) is 17.5 Å². The Morgan fingerprint density at radius 2 is 0.822 bits per heavy atom. The average Bonchev–Trinajstić information content (AvgIpc) is 3.34. The van der Waals surface area contributed by atoms with Crippen LogP contribution in [0.15, 0.2) is 146 Å². The Kier molecular flexibility index (Phi) is 6.42. The third-order valence-corrected chi connectivity index (χ3v) is 8.88. The van der Waals surface area contributed by atoms with E-state index in [9.17, 15) is 0 Å². The third kappa shape index (κ3) is 4.81. The van der Waals surface area contributed by atoms with E-state index < -0.39 is 0 Å². The van der Waals surface area contributed by atoms with Gasteiger partial charge in [0, 0.05) is 34.5 Å². The molecule has 0 fully saturated rings. The van der Waals surface area contributed by atoms with Crippen LogP contribution in [0.5, 0.6) is 0 Å². The minimum Gasteiger partial charge on any atom is -0.265 e. The topological polar surface area (TPSA) is 51.6 Å². The average molecular weight is 579 g/mol. The molecule has 0 spiro atoms. The number of benzene rings is 5. The highest BCUT2D eigenvalue weighted by atomic mass is 15.0. The van der Waals surface area contributed by atoms with E-state index in [4.69, 9.17) is 15.0 Å². The van der Waals surface area contributed by atoms with E-state index in [1.165, 1.54) is 27.8 Å². The molecule has 4 nitrogen and oxygen atoms in total. The van der Waals surface area contributed by atoms with Crippen LogP contribution in [0.4, 0.5) is 0 Å². The van der Waals surface area contributed by atoms with Crippen LogP contribution in [0.1, 0.15) is 25.0 Å². The molecule has 7 aromatic rings. The predicted molar refractivity (Wildman–Crippen MR) is 182 cm³/mol. The SMILES string of the molecule is CC1(C)c2ccccc2-c2cc(-c3nc(-c4ccc(-c5ccccc5)cc4)nc(-c4ccc(-c5ccncc5)cc4)n3)ccc21. The van der Waals surface area contributed by atoms with E-state index >= 15 is 0 Å². The molecular formula is C41H30N4. The second-order valence-electron chi connectivity index (χ2n) is 12.0. The van der Waals surface area contributed by atoms with Crippen LogP contribution < -0.4 is 0 Å². The Bertz CT molecular complexity index is 2050. The largest absolute Gasteiger partial charge is 0.265 e. The van der Waals surface area contributed by atoms with Gasteiger partial charge in [-0.2, -0.15) is 0 Å². The van der Waals surface area contributed by atoms with Gasteiger partial charge < -0.3 is 0 Å². The predicted octanol–water partition coefficient (Wildman–Crippen LogP) is 9.91. The molecule has 0 unspecified atom stereocenters. The molecule has 1 aliphatic carbocycles. The van der Waals surface area contributed by atoms with Gasteiger partial charge >= 0.3 is 0 Å². The van der Waals surface area contributed by atoms with Crippen molar-refractivity contribution in [3.63, 3.8) is 0 Å². The molecule has 0 bridgehead atoms. The summed E-state index contributed by atoms with van der Waals surface area (Å²) in [5.41, 5.74) is 12.6. The summed E-state index contributed by atoms with van der Waals surface area (Å²) in [5.74, 6) is 1.95. The molecule has 45 heavy (non-hydrogen) atoms. The third-order valence-electron chi connectivity index (χ3n) is 8.88. The van der Waals surface area contributed by atoms with E-state index in [1.54, 1.807) is 0 Å². The summed E-state index contributed by atoms with van der Waals surface area (Å²) in [6, 6.07) is 46.6. The fourth-order valence-corrected chi connectivity index (χ4v) is 6.42. The number of pyridine rings is 1. The van der Waals surface area contributed by atoms with Crippen LogP contribution in [-0.4, -0.2) is 19.9 Å². The number of rotatable bonds is 5. The van der Waals surface area contributed by atoms with E-state index in [-0.39, 0.29) is 5.41 Å². The van der Waals surface area contributed by atoms with Crippen LogP contribution in [0, 0.1) is 0 Å². The minimum absolute atomic E-state index is 0.0586. The molecule has 0 saturated carbocycles. The fourth-order valence-electron chi connectivity index (χ4n) is 6.42. The molecule has 0 radical (unpaired) electrons. The lowest BCUT2D eigenvalue weighted by atomic mass is 9.82. The van der Waals surface area contributed by atoms with Gasteiger partial charge in [-0.05, 0) is 62.7 Å². The van der Waals surface area contributed by atoms with Crippen LogP contribution in [0.3, 0.4) is 0 Å². The maximum absolute atomic E-state index is 5.06. The van der Waals surface area contributed by atoms with Crippen LogP contribution in [0.25, 0.3) is 67.5 Å². The van der Waals surface area contributed by atoms with Crippen LogP contribution in [-0.2, 0) is 5.41 Å². The molecule has 4 heteroatoms. The lowest BCUT2D eigenvalue weighted by Gasteiger charge is -2.21. The van der Waals surface area contributed by atoms with E-state index in [2.05, 4.69) is 134 Å². The van der Waals surface area contributed by atoms with Crippen molar-refractivity contribution >= 4 is 0 Å². The maximum atomic E-state index is 5.06. The van der Waals surface area contributed by atoms with Gasteiger partial charge in [0.15, 0.2) is 17.5 Å². The molecule has 0 amide bonds. The molecule has 214 valence electrons. The molecule has 0 N–H and O–H groups in total. The number of hydrogen-bond donors (Lipinski definition) is 0. The van der Waals surface area contributed by atoms with Crippen molar-refractivity contribution in [2.45, 2.75) is 19.3 Å². The van der Waals surface area contributed by atoms with E-state index in [1.807, 2.05) is 30.6 Å². The molecule has 2 heterocycles. The number of aromatic nitrogens is 4. The van der Waals surface area contributed by atoms with Gasteiger partial charge in [-0.25, -0.2) is 15.0 Å². The summed E-state index contributed by atoms with van der Waals surface area (Å²) in [4.78, 5) is 19.3. The number of hydrogen-bond acceptors (Lipinski definition) is 4. The van der Waals surface area contributed by atoms with Crippen molar-refractivity contribution in [1.29, 1.82) is 0 Å². The lowest BCUT2D eigenvalue weighted by Crippen LogP contribution is -2.14. The van der Waals surface area contributed by atoms with Crippen molar-refractivity contribution in [3.05, 3.63) is 157 Å². The normalized spacial score (nSPS) is 12.8. The molecular weight excluding hydrogens is 548 g/mol. The highest BCUT2D eigenvalue weighted by Crippen LogP contribution is 2.49. The summed E-state index contributed by atoms with van der Waals surface area (Å²) in [6.45, 7) is 4.59. The Morgan fingerprint density at radius 1 is 0.378 bits per heavy atom. The quantitative estimate of drug-likeness (QED) is 0.204. The monoisotopic (exact) mass is 578 g/mol. The minimum atomic E-state index is -0.0586. The van der Waals surface area contributed by atoms with Gasteiger partial charge in [-0.3, -0.25) is 4.98 Å². The smallest absolute Gasteiger partial charge is 0.164 e. The van der Waals surface area contributed by atoms with Crippen LogP contribution in [0.2, 0.25) is 0 Å². The van der Waals surface area contributed by atoms with Gasteiger partial charge in [0.25, 0.3) is 0 Å². The maximum Gasteiger partial charge on any atom is 0.164 e. The van der Waals surface area contributed by atoms with Gasteiger partial charge in [0.1, 0.15) is 0 Å². The first-order valence-electron chi connectivity index (χ1n) is 15.2. The molecule has 8 rings (SSSR count). The standard InChI is InChI=1S/C41H30N4/c1-41(2)36-11-7-6-10-34(36)35-26-33(20-21-37(35)41)40-44-38(31-16-12-28(13-17-31)27-8-4-3-5-9-27)43-39(45-40)32-18-14-29(15-19-32)30-22-24-42-25-23-30/h3-26H,1-2H3. The summed E-state index contributed by atoms with van der Waals surface area (Å²) < 4.78 is 0. The summed E-state index contributed by atoms with van der Waals surface area (Å²) in [7, 11) is 0. The summed E-state index contributed by atoms with van der Waals surface area (Å²) in [5, 5.41) is 0.